The van der Waals surface area contributed by atoms with E-state index in [1.165, 1.54) is 5.56 Å². The molecule has 2 N–H and O–H groups in total. The Morgan fingerprint density at radius 2 is 1.87 bits per heavy atom. The van der Waals surface area contributed by atoms with E-state index in [4.69, 9.17) is 4.52 Å². The van der Waals surface area contributed by atoms with E-state index in [0.29, 0.717) is 25.3 Å². The lowest BCUT2D eigenvalue weighted by atomic mass is 9.92. The van der Waals surface area contributed by atoms with Crippen LogP contribution in [0.25, 0.3) is 16.8 Å². The Labute approximate surface area is 308 Å². The third kappa shape index (κ3) is 8.27. The van der Waals surface area contributed by atoms with Crippen molar-refractivity contribution in [3.8, 4) is 11.3 Å². The van der Waals surface area contributed by atoms with Gasteiger partial charge in [-0.25, -0.2) is 14.5 Å². The van der Waals surface area contributed by atoms with Gasteiger partial charge in [-0.05, 0) is 79.6 Å². The maximum Gasteiger partial charge on any atom is 0.292 e. The second-order valence-corrected chi connectivity index (χ2v) is 15.0. The Morgan fingerprint density at radius 3 is 2.58 bits per heavy atom. The number of unbranched alkanes of at least 4 members (excludes halogenated alkanes) is 1. The highest BCUT2D eigenvalue weighted by molar-refractivity contribution is 6.00. The van der Waals surface area contributed by atoms with Crippen molar-refractivity contribution in [1.29, 1.82) is 0 Å². The number of piperidine rings is 1. The molecular formula is C39H46N10O4. The molecule has 276 valence electrons. The van der Waals surface area contributed by atoms with Gasteiger partial charge in [-0.2, -0.15) is 10.1 Å². The second-order valence-electron chi connectivity index (χ2n) is 15.0. The zero-order valence-electron chi connectivity index (χ0n) is 30.8. The summed E-state index contributed by atoms with van der Waals surface area (Å²) in [5.74, 6) is 0.257. The number of nitrogens with one attached hydrogen (secondary N) is 2. The van der Waals surface area contributed by atoms with Crippen molar-refractivity contribution in [2.24, 2.45) is 0 Å². The number of benzene rings is 1. The molecule has 0 spiro atoms. The maximum absolute atomic E-state index is 12.7. The highest BCUT2D eigenvalue weighted by Crippen LogP contribution is 2.28. The molecule has 0 bridgehead atoms. The number of imide groups is 1. The summed E-state index contributed by atoms with van der Waals surface area (Å²) in [5.41, 5.74) is 6.60. The van der Waals surface area contributed by atoms with Gasteiger partial charge in [0.05, 0.1) is 17.1 Å². The molecule has 14 heteroatoms. The fraction of sp³-hybridized carbons (Fsp3) is 0.436. The normalized spacial score (nSPS) is 17.0. The van der Waals surface area contributed by atoms with E-state index in [1.54, 1.807) is 12.5 Å². The average molecular weight is 719 g/mol. The number of fused-ring (bicyclic) bond motifs is 1. The van der Waals surface area contributed by atoms with E-state index >= 15 is 0 Å². The van der Waals surface area contributed by atoms with Gasteiger partial charge in [-0.15, -0.1) is 0 Å². The van der Waals surface area contributed by atoms with Crippen LogP contribution in [0.1, 0.15) is 91.1 Å². The molecule has 1 aromatic carbocycles. The molecule has 3 amide bonds. The summed E-state index contributed by atoms with van der Waals surface area (Å²) in [7, 11) is 0. The summed E-state index contributed by atoms with van der Waals surface area (Å²) in [6.45, 7) is 13.1. The van der Waals surface area contributed by atoms with Crippen molar-refractivity contribution < 1.29 is 18.9 Å². The fourth-order valence-electron chi connectivity index (χ4n) is 6.93. The monoisotopic (exact) mass is 718 g/mol. The van der Waals surface area contributed by atoms with Crippen molar-refractivity contribution in [1.82, 2.24) is 45.3 Å². The molecule has 0 radical (unpaired) electrons. The Bertz CT molecular complexity index is 2110. The predicted molar refractivity (Wildman–Crippen MR) is 198 cm³/mol. The lowest BCUT2D eigenvalue weighted by Gasteiger charge is -2.35. The van der Waals surface area contributed by atoms with Gasteiger partial charge in [0.2, 0.25) is 17.7 Å². The molecule has 0 aliphatic carbocycles. The van der Waals surface area contributed by atoms with Crippen LogP contribution in [-0.4, -0.2) is 85.1 Å². The summed E-state index contributed by atoms with van der Waals surface area (Å²) in [5, 5.41) is 13.7. The lowest BCUT2D eigenvalue weighted by Crippen LogP contribution is -2.47. The number of anilines is 1. The standard InChI is InChI=1S/C39H46N10O4/c1-25-19-27(8-9-28(25)21-41-37(52)35-45-38(53-46-35)39(2,3)4)34-31-20-26(23-49(31)43-24-42-34)7-5-6-14-47-15-17-48(18-16-47)32-12-10-29(22-40-32)30-11-13-33(50)44-36(30)51/h8-10,12,19-20,22-24,30H,5-7,11,13-18,21H2,1-4H3,(H,41,52)(H,44,50,51). The van der Waals surface area contributed by atoms with Gasteiger partial charge in [-0.3, -0.25) is 24.6 Å². The van der Waals surface area contributed by atoms with Gasteiger partial charge in [0.1, 0.15) is 12.1 Å². The van der Waals surface area contributed by atoms with Crippen molar-refractivity contribution in [3.05, 3.63) is 89.1 Å². The van der Waals surface area contributed by atoms with Crippen molar-refractivity contribution in [2.45, 2.75) is 77.7 Å². The Balaban J connectivity index is 0.878. The van der Waals surface area contributed by atoms with Crippen LogP contribution in [0.2, 0.25) is 0 Å². The third-order valence-corrected chi connectivity index (χ3v) is 10.1. The van der Waals surface area contributed by atoms with Gasteiger partial charge in [-0.1, -0.05) is 44.1 Å². The van der Waals surface area contributed by atoms with Crippen LogP contribution >= 0.6 is 0 Å². The topological polar surface area (TPSA) is 164 Å². The fourth-order valence-corrected chi connectivity index (χ4v) is 6.93. The van der Waals surface area contributed by atoms with Gasteiger partial charge in [0.25, 0.3) is 11.7 Å². The first-order valence-electron chi connectivity index (χ1n) is 18.3. The van der Waals surface area contributed by atoms with Crippen LogP contribution in [0, 0.1) is 6.92 Å². The SMILES string of the molecule is Cc1cc(-c2ncnn3cc(CCCCN4CCN(c5ccc(C6CCC(=O)NC6=O)cn5)CC4)cc23)ccc1CNC(=O)c1noc(C(C)(C)C)n1. The minimum Gasteiger partial charge on any atom is -0.354 e. The minimum absolute atomic E-state index is 0.0294. The number of hydrogen-bond donors (Lipinski definition) is 2. The van der Waals surface area contributed by atoms with Crippen LogP contribution in [-0.2, 0) is 28.0 Å². The van der Waals surface area contributed by atoms with Crippen LogP contribution in [0.4, 0.5) is 5.82 Å². The van der Waals surface area contributed by atoms with Crippen molar-refractivity contribution in [2.75, 3.05) is 37.6 Å². The molecule has 5 aromatic rings. The molecule has 14 nitrogen and oxygen atoms in total. The molecule has 2 fully saturated rings. The smallest absolute Gasteiger partial charge is 0.292 e. The molecule has 2 aliphatic heterocycles. The summed E-state index contributed by atoms with van der Waals surface area (Å²) in [6.07, 6.45) is 9.50. The lowest BCUT2D eigenvalue weighted by molar-refractivity contribution is -0.134. The third-order valence-electron chi connectivity index (χ3n) is 10.1. The minimum atomic E-state index is -0.376. The van der Waals surface area contributed by atoms with Crippen LogP contribution in [0.3, 0.4) is 0 Å². The second kappa shape index (κ2) is 15.2. The highest BCUT2D eigenvalue weighted by atomic mass is 16.5. The molecule has 1 atom stereocenters. The number of nitrogens with zero attached hydrogens (tertiary/aromatic N) is 8. The van der Waals surface area contributed by atoms with Crippen molar-refractivity contribution in [3.63, 3.8) is 0 Å². The Kier molecular flexibility index (Phi) is 10.3. The quantitative estimate of drug-likeness (QED) is 0.147. The van der Waals surface area contributed by atoms with E-state index in [1.807, 2.05) is 56.5 Å². The Hall–Kier alpha value is -5.50. The average Bonchev–Trinajstić information content (AvgIpc) is 3.82. The van der Waals surface area contributed by atoms with E-state index in [9.17, 15) is 14.4 Å². The van der Waals surface area contributed by atoms with Crippen LogP contribution < -0.4 is 15.5 Å². The summed E-state index contributed by atoms with van der Waals surface area (Å²) in [6, 6.07) is 12.3. The van der Waals surface area contributed by atoms with E-state index in [-0.39, 0.29) is 34.9 Å². The zero-order chi connectivity index (χ0) is 37.1. The number of aryl methyl sites for hydroxylation is 2. The Morgan fingerprint density at radius 1 is 1.04 bits per heavy atom. The summed E-state index contributed by atoms with van der Waals surface area (Å²) in [4.78, 5) is 54.7. The first-order valence-corrected chi connectivity index (χ1v) is 18.3. The molecule has 2 aliphatic rings. The summed E-state index contributed by atoms with van der Waals surface area (Å²) < 4.78 is 7.17. The molecule has 6 heterocycles. The van der Waals surface area contributed by atoms with Crippen LogP contribution in [0.15, 0.2) is 59.6 Å². The molecule has 2 saturated heterocycles. The number of carbonyl (C=O) groups excluding carboxylic acids is 3. The number of piperazine rings is 1. The molecule has 0 saturated carbocycles. The first-order chi connectivity index (χ1) is 25.5. The van der Waals surface area contributed by atoms with Gasteiger partial charge >= 0.3 is 0 Å². The largest absolute Gasteiger partial charge is 0.354 e. The highest BCUT2D eigenvalue weighted by Gasteiger charge is 2.29. The van der Waals surface area contributed by atoms with Gasteiger partial charge in [0.15, 0.2) is 0 Å². The molecule has 53 heavy (non-hydrogen) atoms. The summed E-state index contributed by atoms with van der Waals surface area (Å²) >= 11 is 0. The maximum atomic E-state index is 12.7. The molecule has 7 rings (SSSR count). The van der Waals surface area contributed by atoms with E-state index in [0.717, 1.165) is 91.3 Å². The number of hydrogen-bond acceptors (Lipinski definition) is 11. The van der Waals surface area contributed by atoms with Crippen LogP contribution in [0.5, 0.6) is 0 Å². The molecule has 4 aromatic heterocycles. The van der Waals surface area contributed by atoms with E-state index < -0.39 is 0 Å². The number of pyridine rings is 1. The number of rotatable bonds is 11. The van der Waals surface area contributed by atoms with E-state index in [2.05, 4.69) is 64.0 Å². The van der Waals surface area contributed by atoms with Gasteiger partial charge in [0, 0.05) is 62.5 Å². The van der Waals surface area contributed by atoms with Crippen molar-refractivity contribution >= 4 is 29.1 Å². The zero-order valence-corrected chi connectivity index (χ0v) is 30.8. The molecule has 1 unspecified atom stereocenters. The first kappa shape index (κ1) is 35.9. The predicted octanol–water partition coefficient (Wildman–Crippen LogP) is 4.38. The number of amides is 3. The van der Waals surface area contributed by atoms with Gasteiger partial charge < -0.3 is 14.7 Å². The molecular weight excluding hydrogens is 672 g/mol. The number of aromatic nitrogens is 6. The number of carbonyl (C=O) groups is 3.